The van der Waals surface area contributed by atoms with Crippen LogP contribution in [0.4, 0.5) is 5.82 Å². The summed E-state index contributed by atoms with van der Waals surface area (Å²) in [4.78, 5) is 4.94. The van der Waals surface area contributed by atoms with E-state index in [1.165, 1.54) is 22.3 Å². The van der Waals surface area contributed by atoms with Crippen molar-refractivity contribution in [1.82, 2.24) is 4.57 Å². The van der Waals surface area contributed by atoms with Gasteiger partial charge in [0, 0.05) is 30.5 Å². The molecule has 23 heavy (non-hydrogen) atoms. The average molecular weight is 306 g/mol. The first kappa shape index (κ1) is 14.3. The molecule has 4 heteroatoms. The van der Waals surface area contributed by atoms with Gasteiger partial charge < -0.3 is 15.6 Å². The van der Waals surface area contributed by atoms with Gasteiger partial charge in [-0.25, -0.2) is 0 Å². The Kier molecular flexibility index (Phi) is 3.54. The fourth-order valence-electron chi connectivity index (χ4n) is 3.65. The number of aromatic nitrogens is 1. The summed E-state index contributed by atoms with van der Waals surface area (Å²) < 4.78 is 2.26. The second-order valence-electron chi connectivity index (χ2n) is 6.18. The zero-order valence-electron chi connectivity index (χ0n) is 13.4. The Labute approximate surface area is 136 Å². The fraction of sp³-hybridized carbons (Fsp3) is 0.316. The molecule has 118 valence electrons. The van der Waals surface area contributed by atoms with Gasteiger partial charge >= 0.3 is 0 Å². The number of hydrogen-bond acceptors (Lipinski definition) is 3. The molecular weight excluding hydrogens is 284 g/mol. The van der Waals surface area contributed by atoms with Crippen molar-refractivity contribution < 1.29 is 0 Å². The summed E-state index contributed by atoms with van der Waals surface area (Å²) in [7, 11) is 2.13. The third-order valence-corrected chi connectivity index (χ3v) is 4.77. The smallest absolute Gasteiger partial charge is 0.112 e. The zero-order valence-corrected chi connectivity index (χ0v) is 13.4. The molecule has 2 unspecified atom stereocenters. The highest BCUT2D eigenvalue weighted by Crippen LogP contribution is 2.38. The molecule has 4 nitrogen and oxygen atoms in total. The highest BCUT2D eigenvalue weighted by atomic mass is 15.1. The van der Waals surface area contributed by atoms with Crippen molar-refractivity contribution in [2.45, 2.75) is 18.4 Å². The predicted molar refractivity (Wildman–Crippen MR) is 95.5 cm³/mol. The summed E-state index contributed by atoms with van der Waals surface area (Å²) in [6.45, 7) is 1.45. The van der Waals surface area contributed by atoms with Crippen LogP contribution in [0.2, 0.25) is 0 Å². The molecule has 2 heterocycles. The molecule has 0 radical (unpaired) electrons. The minimum atomic E-state index is 0.321. The standard InChI is InChI=1S/C19H22N4/c1-23-16-10-5-3-8-14(16)18(21-12-6-11-20)17-13-7-2-4-9-15(13)22-19(17)23/h2-5,7-10,13,15,22H,6,11-12,20H2,1H3. The maximum Gasteiger partial charge on any atom is 0.112 e. The van der Waals surface area contributed by atoms with Crippen molar-refractivity contribution in [3.63, 3.8) is 0 Å². The third kappa shape index (κ3) is 2.21. The highest BCUT2D eigenvalue weighted by molar-refractivity contribution is 5.84. The molecule has 0 spiro atoms. The molecule has 1 aromatic carbocycles. The highest BCUT2D eigenvalue weighted by Gasteiger charge is 2.33. The quantitative estimate of drug-likeness (QED) is 0.856. The van der Waals surface area contributed by atoms with Crippen LogP contribution in [0.3, 0.4) is 0 Å². The summed E-state index contributed by atoms with van der Waals surface area (Å²) in [6.07, 6.45) is 9.68. The van der Waals surface area contributed by atoms with Crippen LogP contribution in [0, 0.1) is 0 Å². The first-order chi connectivity index (χ1) is 11.3. The van der Waals surface area contributed by atoms with Crippen LogP contribution >= 0.6 is 0 Å². The number of nitrogens with one attached hydrogen (secondary N) is 1. The molecule has 1 aromatic heterocycles. The zero-order chi connectivity index (χ0) is 15.8. The van der Waals surface area contributed by atoms with Gasteiger partial charge in [0.15, 0.2) is 0 Å². The lowest BCUT2D eigenvalue weighted by Gasteiger charge is -2.15. The van der Waals surface area contributed by atoms with Gasteiger partial charge in [-0.05, 0) is 19.0 Å². The Morgan fingerprint density at radius 3 is 2.91 bits per heavy atom. The normalized spacial score (nSPS) is 22.3. The van der Waals surface area contributed by atoms with Gasteiger partial charge in [0.1, 0.15) is 5.82 Å². The van der Waals surface area contributed by atoms with Gasteiger partial charge in [0.2, 0.25) is 0 Å². The van der Waals surface area contributed by atoms with E-state index in [1.54, 1.807) is 0 Å². The van der Waals surface area contributed by atoms with E-state index < -0.39 is 0 Å². The van der Waals surface area contributed by atoms with Gasteiger partial charge in [0.25, 0.3) is 0 Å². The van der Waals surface area contributed by atoms with E-state index in [0.29, 0.717) is 18.5 Å². The van der Waals surface area contributed by atoms with Gasteiger partial charge in [0.05, 0.1) is 16.9 Å². The average Bonchev–Trinajstić information content (AvgIpc) is 2.98. The molecule has 0 saturated carbocycles. The van der Waals surface area contributed by atoms with Crippen LogP contribution in [0.1, 0.15) is 17.9 Å². The molecule has 1 aliphatic heterocycles. The van der Waals surface area contributed by atoms with E-state index in [9.17, 15) is 0 Å². The number of para-hydroxylation sites is 1. The van der Waals surface area contributed by atoms with Gasteiger partial charge in [-0.1, -0.05) is 42.5 Å². The number of fused-ring (bicyclic) bond motifs is 4. The van der Waals surface area contributed by atoms with Crippen molar-refractivity contribution in [3.8, 4) is 0 Å². The van der Waals surface area contributed by atoms with Crippen LogP contribution in [0.5, 0.6) is 0 Å². The second kappa shape index (κ2) is 5.70. The Balaban J connectivity index is 2.02. The number of anilines is 1. The maximum atomic E-state index is 5.65. The predicted octanol–water partition coefficient (Wildman–Crippen LogP) is 2.43. The lowest BCUT2D eigenvalue weighted by Crippen LogP contribution is -2.20. The molecular formula is C19H22N4. The van der Waals surface area contributed by atoms with E-state index >= 15 is 0 Å². The van der Waals surface area contributed by atoms with E-state index in [2.05, 4.69) is 65.5 Å². The van der Waals surface area contributed by atoms with Crippen LogP contribution in [0.25, 0.3) is 10.9 Å². The number of nitrogens with zero attached hydrogens (tertiary/aromatic N) is 2. The topological polar surface area (TPSA) is 55.3 Å². The first-order valence-electron chi connectivity index (χ1n) is 8.25. The van der Waals surface area contributed by atoms with Gasteiger partial charge in [-0.3, -0.25) is 4.99 Å². The monoisotopic (exact) mass is 306 g/mol. The minimum Gasteiger partial charge on any atom is -0.364 e. The molecule has 0 saturated heterocycles. The van der Waals surface area contributed by atoms with Crippen LogP contribution in [-0.4, -0.2) is 23.7 Å². The maximum absolute atomic E-state index is 5.65. The molecule has 4 rings (SSSR count). The van der Waals surface area contributed by atoms with Crippen molar-refractivity contribution in [1.29, 1.82) is 0 Å². The van der Waals surface area contributed by atoms with E-state index in [4.69, 9.17) is 10.7 Å². The molecule has 0 bridgehead atoms. The van der Waals surface area contributed by atoms with Crippen molar-refractivity contribution in [2.75, 3.05) is 18.4 Å². The van der Waals surface area contributed by atoms with E-state index in [-0.39, 0.29) is 0 Å². The Morgan fingerprint density at radius 1 is 1.22 bits per heavy atom. The number of aryl methyl sites for hydroxylation is 1. The van der Waals surface area contributed by atoms with Crippen LogP contribution in [-0.2, 0) is 7.05 Å². The summed E-state index contributed by atoms with van der Waals surface area (Å²) in [6, 6.07) is 8.83. The summed E-state index contributed by atoms with van der Waals surface area (Å²) in [5, 5.41) is 6.01. The number of benzene rings is 1. The number of nitrogens with two attached hydrogens (primary N) is 1. The van der Waals surface area contributed by atoms with Crippen molar-refractivity contribution in [2.24, 2.45) is 17.8 Å². The first-order valence-corrected chi connectivity index (χ1v) is 8.25. The molecule has 3 N–H and O–H groups in total. The molecule has 0 fully saturated rings. The summed E-state index contributed by atoms with van der Waals surface area (Å²) in [5.41, 5.74) is 8.17. The van der Waals surface area contributed by atoms with Crippen LogP contribution < -0.4 is 16.4 Å². The summed E-state index contributed by atoms with van der Waals surface area (Å²) >= 11 is 0. The lowest BCUT2D eigenvalue weighted by atomic mass is 9.91. The van der Waals surface area contributed by atoms with Crippen molar-refractivity contribution in [3.05, 3.63) is 59.5 Å². The molecule has 0 amide bonds. The van der Waals surface area contributed by atoms with Gasteiger partial charge in [-0.15, -0.1) is 0 Å². The SMILES string of the molecule is Cn1c2c(c(=NCCCN)c3ccccc31)C1C=CC=CC1N2. The minimum absolute atomic E-state index is 0.321. The largest absolute Gasteiger partial charge is 0.364 e. The van der Waals surface area contributed by atoms with E-state index in [1.807, 2.05) is 0 Å². The molecule has 2 atom stereocenters. The lowest BCUT2D eigenvalue weighted by molar-refractivity contribution is 0.787. The van der Waals surface area contributed by atoms with Crippen molar-refractivity contribution >= 4 is 16.7 Å². The number of hydrogen-bond donors (Lipinski definition) is 2. The Bertz CT molecular complexity index is 873. The number of rotatable bonds is 3. The number of pyridine rings is 1. The number of allylic oxidation sites excluding steroid dienone is 2. The molecule has 1 aliphatic carbocycles. The third-order valence-electron chi connectivity index (χ3n) is 4.77. The molecule has 2 aliphatic rings. The Morgan fingerprint density at radius 2 is 2.04 bits per heavy atom. The van der Waals surface area contributed by atoms with Gasteiger partial charge in [-0.2, -0.15) is 0 Å². The molecule has 2 aromatic rings. The summed E-state index contributed by atoms with van der Waals surface area (Å²) in [5.74, 6) is 1.53. The van der Waals surface area contributed by atoms with E-state index in [0.717, 1.165) is 18.3 Å². The Hall–Kier alpha value is -2.33. The fourth-order valence-corrected chi connectivity index (χ4v) is 3.65. The second-order valence-corrected chi connectivity index (χ2v) is 6.18. The van der Waals surface area contributed by atoms with Crippen LogP contribution in [0.15, 0.2) is 53.6 Å².